The number of nitrogens with one attached hydrogen (secondary N) is 3. The van der Waals surface area contributed by atoms with E-state index in [2.05, 4.69) is 37.8 Å². The number of ether oxygens (including phenoxy) is 1. The minimum atomic E-state index is -2.95. The number of anilines is 2. The van der Waals surface area contributed by atoms with Crippen LogP contribution in [-0.4, -0.2) is 42.2 Å². The number of halogens is 1. The van der Waals surface area contributed by atoms with Gasteiger partial charge in [-0.1, -0.05) is 6.07 Å². The van der Waals surface area contributed by atoms with Crippen LogP contribution in [0.4, 0.5) is 16.3 Å². The number of carbonyl (C=O) groups is 1. The van der Waals surface area contributed by atoms with Gasteiger partial charge < -0.3 is 15.4 Å². The molecule has 13 heteroatoms. The van der Waals surface area contributed by atoms with Gasteiger partial charge >= 0.3 is 6.09 Å². The maximum Gasteiger partial charge on any atom is 0.407 e. The summed E-state index contributed by atoms with van der Waals surface area (Å²) >= 11 is 3.93. The summed E-state index contributed by atoms with van der Waals surface area (Å²) in [6.45, 7) is 5.71. The second kappa shape index (κ2) is 12.0. The maximum absolute atomic E-state index is 13.7. The summed E-state index contributed by atoms with van der Waals surface area (Å²) < 4.78 is 29.7. The highest BCUT2D eigenvalue weighted by Crippen LogP contribution is 2.43. The number of rotatable bonds is 9. The molecule has 1 amide bonds. The Labute approximate surface area is 248 Å². The number of nitrogens with zero attached hydrogens (tertiary/aromatic N) is 3. The lowest BCUT2D eigenvalue weighted by atomic mass is 9.86. The van der Waals surface area contributed by atoms with Crippen LogP contribution in [0, 0.1) is 11.7 Å². The van der Waals surface area contributed by atoms with Gasteiger partial charge in [-0.15, -0.1) is 11.3 Å². The summed E-state index contributed by atoms with van der Waals surface area (Å²) in [6.07, 6.45) is 7.20. The van der Waals surface area contributed by atoms with Gasteiger partial charge in [-0.3, -0.25) is 0 Å². The van der Waals surface area contributed by atoms with Crippen molar-refractivity contribution < 1.29 is 13.7 Å². The van der Waals surface area contributed by atoms with Crippen molar-refractivity contribution in [2.45, 2.75) is 87.5 Å². The lowest BCUT2D eigenvalue weighted by molar-refractivity contribution is 0.109. The number of benzene rings is 1. The number of hydrogen-bond donors (Lipinski definition) is 3. The highest BCUT2D eigenvalue weighted by molar-refractivity contribution is 14.2. The van der Waals surface area contributed by atoms with Gasteiger partial charge in [0.1, 0.15) is 0 Å². The van der Waals surface area contributed by atoms with Crippen LogP contribution in [0.2, 0.25) is 0 Å². The van der Waals surface area contributed by atoms with Gasteiger partial charge in [0.2, 0.25) is 0 Å². The second-order valence-electron chi connectivity index (χ2n) is 10.5. The fourth-order valence-corrected chi connectivity index (χ4v) is 9.87. The molecule has 2 fully saturated rings. The molecule has 2 unspecified atom stereocenters. The zero-order chi connectivity index (χ0) is 27.7. The molecule has 0 radical (unpaired) electrons. The van der Waals surface area contributed by atoms with E-state index in [-0.39, 0.29) is 23.5 Å². The van der Waals surface area contributed by atoms with Gasteiger partial charge in [-0.05, 0) is 93.5 Å². The molecule has 210 valence electrons. The van der Waals surface area contributed by atoms with Crippen LogP contribution < -0.4 is 10.6 Å². The first-order valence-corrected chi connectivity index (χ1v) is 19.7. The summed E-state index contributed by atoms with van der Waals surface area (Å²) in [4.78, 5) is 18.2. The summed E-state index contributed by atoms with van der Waals surface area (Å²) in [5.74, 6) is 1.06. The first-order valence-electron chi connectivity index (χ1n) is 13.2. The molecule has 39 heavy (non-hydrogen) atoms. The molecule has 2 atom stereocenters. The quantitative estimate of drug-likeness (QED) is 0.156. The van der Waals surface area contributed by atoms with E-state index in [0.717, 1.165) is 71.2 Å². The summed E-state index contributed by atoms with van der Waals surface area (Å²) in [5.41, 5.74) is 2.68. The molecular weight excluding hydrogens is 666 g/mol. The van der Waals surface area contributed by atoms with Gasteiger partial charge in [0, 0.05) is 46.4 Å². The molecule has 2 aliphatic rings. The van der Waals surface area contributed by atoms with Crippen molar-refractivity contribution in [1.82, 2.24) is 19.9 Å². The van der Waals surface area contributed by atoms with Crippen molar-refractivity contribution in [3.05, 3.63) is 41.2 Å². The maximum atomic E-state index is 13.7. The van der Waals surface area contributed by atoms with Crippen molar-refractivity contribution in [2.75, 3.05) is 5.32 Å². The zero-order valence-electron chi connectivity index (χ0n) is 22.2. The minimum Gasteiger partial charge on any atom is -0.447 e. The van der Waals surface area contributed by atoms with Crippen LogP contribution in [-0.2, 0) is 14.5 Å². The van der Waals surface area contributed by atoms with Crippen molar-refractivity contribution in [3.63, 3.8) is 0 Å². The molecule has 2 saturated carbocycles. The van der Waals surface area contributed by atoms with Crippen LogP contribution in [0.5, 0.6) is 0 Å². The third-order valence-electron chi connectivity index (χ3n) is 7.07. The summed E-state index contributed by atoms with van der Waals surface area (Å²) in [5, 5.41) is 11.9. The number of hydrogen-bond acceptors (Lipinski definition) is 8. The molecule has 1 aromatic carbocycles. The smallest absolute Gasteiger partial charge is 0.407 e. The lowest BCUT2D eigenvalue weighted by Crippen LogP contribution is -2.38. The lowest BCUT2D eigenvalue weighted by Gasteiger charge is -2.28. The monoisotopic (exact) mass is 700 g/mol. The fraction of sp³-hybridized carbons (Fsp3) is 0.500. The highest BCUT2D eigenvalue weighted by atomic mass is 127. The number of aryl methyl sites for hydroxylation is 1. The zero-order valence-corrected chi connectivity index (χ0v) is 27.0. The predicted molar refractivity (Wildman–Crippen MR) is 167 cm³/mol. The first-order chi connectivity index (χ1) is 18.6. The number of amides is 1. The first kappa shape index (κ1) is 28.8. The van der Waals surface area contributed by atoms with Gasteiger partial charge in [0.05, 0.1) is 37.0 Å². The number of carbonyl (C=O) groups excluding carboxylic acids is 1. The van der Waals surface area contributed by atoms with E-state index in [1.165, 1.54) is 0 Å². The minimum absolute atomic E-state index is 0.0919. The Bertz CT molecular complexity index is 1450. The van der Waals surface area contributed by atoms with E-state index in [1.807, 2.05) is 55.7 Å². The predicted octanol–water partition coefficient (Wildman–Crippen LogP) is 7.58. The molecule has 2 aliphatic carbocycles. The van der Waals surface area contributed by atoms with Gasteiger partial charge in [-0.2, -0.15) is 5.10 Å². The van der Waals surface area contributed by atoms with E-state index < -0.39 is 9.73 Å². The third-order valence-corrected chi connectivity index (χ3v) is 12.7. The largest absolute Gasteiger partial charge is 0.447 e. The van der Waals surface area contributed by atoms with Crippen LogP contribution >= 0.6 is 39.8 Å². The molecule has 0 aliphatic heterocycles. The van der Waals surface area contributed by atoms with Gasteiger partial charge in [0.25, 0.3) is 0 Å². The van der Waals surface area contributed by atoms with Gasteiger partial charge in [-0.25, -0.2) is 23.2 Å². The topological polar surface area (TPSA) is 122 Å². The van der Waals surface area contributed by atoms with Crippen molar-refractivity contribution >= 4 is 67.1 Å². The third kappa shape index (κ3) is 6.77. The second-order valence-corrected chi connectivity index (χ2v) is 15.9. The normalized spacial score (nSPS) is 21.3. The number of thiazole rings is 1. The molecule has 0 bridgehead atoms. The molecule has 3 aromatic rings. The SMILES string of the molecule is Cc1cc(Nc2ccc(-c3cnc([C@H]4CC[C@H](NC(=O)OC(C)C)CC4)s3)c(S(=N)(=O)C3CC3)c2)nn1PI. The van der Waals surface area contributed by atoms with Crippen LogP contribution in [0.15, 0.2) is 35.4 Å². The Hall–Kier alpha value is -1.76. The molecular formula is C26H34IN6O3PS2. The Morgan fingerprint density at radius 1 is 1.23 bits per heavy atom. The van der Waals surface area contributed by atoms with E-state index in [9.17, 15) is 9.00 Å². The molecule has 9 nitrogen and oxygen atoms in total. The van der Waals surface area contributed by atoms with E-state index in [4.69, 9.17) is 14.5 Å². The molecule has 0 saturated heterocycles. The Morgan fingerprint density at radius 3 is 2.62 bits per heavy atom. The van der Waals surface area contributed by atoms with Crippen LogP contribution in [0.25, 0.3) is 10.4 Å². The van der Waals surface area contributed by atoms with Crippen LogP contribution in [0.1, 0.15) is 69.0 Å². The molecule has 2 heterocycles. The average molecular weight is 701 g/mol. The van der Waals surface area contributed by atoms with Crippen molar-refractivity contribution in [1.29, 1.82) is 4.78 Å². The Kier molecular flexibility index (Phi) is 8.85. The van der Waals surface area contributed by atoms with Crippen molar-refractivity contribution in [3.8, 4) is 10.4 Å². The van der Waals surface area contributed by atoms with Crippen molar-refractivity contribution in [2.24, 2.45) is 0 Å². The molecule has 3 N–H and O–H groups in total. The number of aromatic nitrogens is 3. The summed E-state index contributed by atoms with van der Waals surface area (Å²) in [7, 11) is -2.95. The molecule has 2 aromatic heterocycles. The van der Waals surface area contributed by atoms with Gasteiger partial charge in [0.15, 0.2) is 5.82 Å². The average Bonchev–Trinajstić information content (AvgIpc) is 3.55. The fourth-order valence-electron chi connectivity index (χ4n) is 4.90. The van der Waals surface area contributed by atoms with Crippen LogP contribution in [0.3, 0.4) is 0 Å². The molecule has 5 rings (SSSR count). The Balaban J connectivity index is 1.34. The highest BCUT2D eigenvalue weighted by Gasteiger charge is 2.36. The van der Waals surface area contributed by atoms with E-state index >= 15 is 0 Å². The molecule has 0 spiro atoms. The Morgan fingerprint density at radius 2 is 1.97 bits per heavy atom. The number of alkyl carbamates (subject to hydrolysis) is 1. The van der Waals surface area contributed by atoms with E-state index in [1.54, 1.807) is 11.3 Å². The summed E-state index contributed by atoms with van der Waals surface area (Å²) in [6, 6.07) is 7.92. The standard InChI is InChI=1S/C26H34IN6O3PS2/c1-15(2)36-26(34)31-18-6-4-17(5-7-18)25-29-14-22(38-25)21-11-8-19(13-23(21)39(28,35)20-9-10-20)30-24-12-16(3)33(32-24)37-27/h8,11-15,17-18,20,28,37H,4-7,9-10H2,1-3H3,(H,30,32)(H,31,34)/t17-,18-,39?. The van der Waals surface area contributed by atoms with E-state index in [0.29, 0.717) is 17.2 Å².